The van der Waals surface area contributed by atoms with Crippen LogP contribution in [0.25, 0.3) is 10.8 Å². The minimum atomic E-state index is -0.300. The predicted molar refractivity (Wildman–Crippen MR) is 117 cm³/mol. The van der Waals surface area contributed by atoms with Gasteiger partial charge in [-0.25, -0.2) is 9.37 Å². The molecule has 5 nitrogen and oxygen atoms in total. The summed E-state index contributed by atoms with van der Waals surface area (Å²) in [7, 11) is 0. The van der Waals surface area contributed by atoms with Crippen molar-refractivity contribution in [3.8, 4) is 0 Å². The molecule has 1 amide bonds. The molecule has 4 aromatic rings. The molecule has 0 spiro atoms. The number of hydrogen-bond acceptors (Lipinski definition) is 3. The molecule has 0 bridgehead atoms. The Morgan fingerprint density at radius 2 is 1.71 bits per heavy atom. The van der Waals surface area contributed by atoms with Crippen LogP contribution in [-0.4, -0.2) is 38.4 Å². The highest BCUT2D eigenvalue weighted by Gasteiger charge is 2.28. The maximum absolute atomic E-state index is 14.1. The fourth-order valence-corrected chi connectivity index (χ4v) is 4.44. The second kappa shape index (κ2) is 8.30. The molecule has 1 fully saturated rings. The summed E-state index contributed by atoms with van der Waals surface area (Å²) in [6, 6.07) is 16.1. The van der Waals surface area contributed by atoms with Crippen molar-refractivity contribution in [2.24, 2.45) is 0 Å². The number of likely N-dealkylation sites (tertiary alicyclic amines) is 1. The molecule has 1 aliphatic heterocycles. The summed E-state index contributed by atoms with van der Waals surface area (Å²) >= 11 is 0. The van der Waals surface area contributed by atoms with Gasteiger partial charge in [0.2, 0.25) is 0 Å². The van der Waals surface area contributed by atoms with Gasteiger partial charge in [0.15, 0.2) is 0 Å². The van der Waals surface area contributed by atoms with Gasteiger partial charge in [0, 0.05) is 48.5 Å². The number of imidazole rings is 1. The predicted octanol–water partition coefficient (Wildman–Crippen LogP) is 4.64. The molecule has 0 atom stereocenters. The number of hydrogen-bond donors (Lipinski definition) is 0. The van der Waals surface area contributed by atoms with Gasteiger partial charge in [0.25, 0.3) is 5.91 Å². The third-order valence-electron chi connectivity index (χ3n) is 6.05. The van der Waals surface area contributed by atoms with Gasteiger partial charge in [-0.3, -0.25) is 9.78 Å². The molecule has 0 saturated carbocycles. The highest BCUT2D eigenvalue weighted by Crippen LogP contribution is 2.29. The summed E-state index contributed by atoms with van der Waals surface area (Å²) in [4.78, 5) is 24.1. The van der Waals surface area contributed by atoms with Gasteiger partial charge in [-0.2, -0.15) is 0 Å². The Morgan fingerprint density at radius 3 is 2.48 bits per heavy atom. The lowest BCUT2D eigenvalue weighted by Gasteiger charge is -2.32. The first-order valence-corrected chi connectivity index (χ1v) is 10.6. The molecular weight excluding hydrogens is 391 g/mol. The van der Waals surface area contributed by atoms with E-state index in [-0.39, 0.29) is 11.7 Å². The zero-order chi connectivity index (χ0) is 21.2. The molecule has 1 aliphatic rings. The zero-order valence-corrected chi connectivity index (χ0v) is 17.1. The first-order valence-electron chi connectivity index (χ1n) is 10.6. The van der Waals surface area contributed by atoms with Crippen LogP contribution in [0, 0.1) is 5.82 Å². The smallest absolute Gasteiger partial charge is 0.254 e. The number of pyridine rings is 1. The van der Waals surface area contributed by atoms with E-state index in [0.717, 1.165) is 24.4 Å². The van der Waals surface area contributed by atoms with Crippen molar-refractivity contribution in [1.82, 2.24) is 19.4 Å². The van der Waals surface area contributed by atoms with Gasteiger partial charge in [0.05, 0.1) is 12.2 Å². The van der Waals surface area contributed by atoms with E-state index < -0.39 is 0 Å². The summed E-state index contributed by atoms with van der Waals surface area (Å²) in [6.45, 7) is 2.01. The molecule has 6 heteroatoms. The van der Waals surface area contributed by atoms with E-state index in [0.29, 0.717) is 41.9 Å². The highest BCUT2D eigenvalue weighted by atomic mass is 19.1. The summed E-state index contributed by atoms with van der Waals surface area (Å²) in [5.41, 5.74) is 1.56. The number of piperidine rings is 1. The fraction of sp³-hybridized carbons (Fsp3) is 0.240. The van der Waals surface area contributed by atoms with Crippen LogP contribution in [0.15, 0.2) is 73.2 Å². The Bertz CT molecular complexity index is 1210. The van der Waals surface area contributed by atoms with Crippen LogP contribution in [-0.2, 0) is 6.54 Å². The summed E-state index contributed by atoms with van der Waals surface area (Å²) < 4.78 is 16.3. The molecule has 3 heterocycles. The molecule has 0 aliphatic carbocycles. The largest absolute Gasteiger partial charge is 0.339 e. The fourth-order valence-electron chi connectivity index (χ4n) is 4.44. The van der Waals surface area contributed by atoms with Crippen molar-refractivity contribution >= 4 is 16.7 Å². The molecule has 156 valence electrons. The van der Waals surface area contributed by atoms with Gasteiger partial charge < -0.3 is 9.47 Å². The molecule has 0 unspecified atom stereocenters. The van der Waals surface area contributed by atoms with Crippen molar-refractivity contribution in [1.29, 1.82) is 0 Å². The van der Waals surface area contributed by atoms with E-state index in [1.165, 1.54) is 6.07 Å². The molecule has 1 saturated heterocycles. The van der Waals surface area contributed by atoms with Crippen molar-refractivity contribution in [2.75, 3.05) is 13.1 Å². The third kappa shape index (κ3) is 3.81. The van der Waals surface area contributed by atoms with Crippen LogP contribution in [0.5, 0.6) is 0 Å². The average Bonchev–Trinajstić information content (AvgIpc) is 3.28. The van der Waals surface area contributed by atoms with Gasteiger partial charge in [-0.15, -0.1) is 0 Å². The number of benzene rings is 2. The average molecular weight is 414 g/mol. The van der Waals surface area contributed by atoms with E-state index in [2.05, 4.69) is 14.5 Å². The van der Waals surface area contributed by atoms with E-state index in [1.807, 2.05) is 47.6 Å². The SMILES string of the molecule is O=C(c1ccc(F)c2ccccc12)N1CCC(c2nccn2Cc2ccccn2)CC1. The van der Waals surface area contributed by atoms with Gasteiger partial charge in [-0.05, 0) is 42.5 Å². The summed E-state index contributed by atoms with van der Waals surface area (Å²) in [5, 5.41) is 1.15. The monoisotopic (exact) mass is 414 g/mol. The van der Waals surface area contributed by atoms with Crippen LogP contribution in [0.4, 0.5) is 4.39 Å². The second-order valence-electron chi connectivity index (χ2n) is 7.94. The molecule has 5 rings (SSSR count). The van der Waals surface area contributed by atoms with Crippen molar-refractivity contribution in [2.45, 2.75) is 25.3 Å². The molecule has 0 N–H and O–H groups in total. The van der Waals surface area contributed by atoms with Crippen molar-refractivity contribution in [3.63, 3.8) is 0 Å². The maximum Gasteiger partial charge on any atom is 0.254 e. The Balaban J connectivity index is 1.30. The van der Waals surface area contributed by atoms with E-state index in [4.69, 9.17) is 0 Å². The third-order valence-corrected chi connectivity index (χ3v) is 6.05. The van der Waals surface area contributed by atoms with E-state index >= 15 is 0 Å². The first kappa shape index (κ1) is 19.4. The van der Waals surface area contributed by atoms with Crippen LogP contribution in [0.2, 0.25) is 0 Å². The van der Waals surface area contributed by atoms with Crippen LogP contribution >= 0.6 is 0 Å². The lowest BCUT2D eigenvalue weighted by molar-refractivity contribution is 0.0712. The van der Waals surface area contributed by atoms with Crippen LogP contribution in [0.3, 0.4) is 0 Å². The second-order valence-corrected chi connectivity index (χ2v) is 7.94. The quantitative estimate of drug-likeness (QED) is 0.489. The number of carbonyl (C=O) groups excluding carboxylic acids is 1. The number of fused-ring (bicyclic) bond motifs is 1. The molecule has 0 radical (unpaired) electrons. The van der Waals surface area contributed by atoms with Gasteiger partial charge in [0.1, 0.15) is 11.6 Å². The van der Waals surface area contributed by atoms with Crippen LogP contribution in [0.1, 0.15) is 40.6 Å². The maximum atomic E-state index is 14.1. The Morgan fingerprint density at radius 1 is 0.935 bits per heavy atom. The van der Waals surface area contributed by atoms with E-state index in [9.17, 15) is 9.18 Å². The van der Waals surface area contributed by atoms with E-state index in [1.54, 1.807) is 24.4 Å². The molecule has 31 heavy (non-hydrogen) atoms. The number of amides is 1. The summed E-state index contributed by atoms with van der Waals surface area (Å²) in [6.07, 6.45) is 7.33. The number of halogens is 1. The molecular formula is C25H23FN4O. The minimum absolute atomic E-state index is 0.0357. The number of rotatable bonds is 4. The zero-order valence-electron chi connectivity index (χ0n) is 17.1. The number of aromatic nitrogens is 3. The normalized spacial score (nSPS) is 14.8. The Hall–Kier alpha value is -3.54. The standard InChI is InChI=1S/C25H23FN4O/c26-23-9-8-22(20-6-1-2-7-21(20)23)25(31)29-14-10-18(11-15-29)24-28-13-16-30(24)17-19-5-3-4-12-27-19/h1-9,12-13,16,18H,10-11,14-15,17H2. The van der Waals surface area contributed by atoms with Crippen molar-refractivity contribution < 1.29 is 9.18 Å². The highest BCUT2D eigenvalue weighted by molar-refractivity contribution is 6.07. The summed E-state index contributed by atoms with van der Waals surface area (Å²) in [5.74, 6) is 1.01. The lowest BCUT2D eigenvalue weighted by Crippen LogP contribution is -2.38. The molecule has 2 aromatic carbocycles. The first-order chi connectivity index (χ1) is 15.2. The van der Waals surface area contributed by atoms with Crippen LogP contribution < -0.4 is 0 Å². The number of nitrogens with zero attached hydrogens (tertiary/aromatic N) is 4. The Kier molecular flexibility index (Phi) is 5.20. The molecule has 2 aromatic heterocycles. The minimum Gasteiger partial charge on any atom is -0.339 e. The van der Waals surface area contributed by atoms with Gasteiger partial charge in [-0.1, -0.05) is 30.3 Å². The lowest BCUT2D eigenvalue weighted by atomic mass is 9.94. The topological polar surface area (TPSA) is 51.0 Å². The van der Waals surface area contributed by atoms with Crippen molar-refractivity contribution in [3.05, 3.63) is 96.1 Å². The van der Waals surface area contributed by atoms with Gasteiger partial charge >= 0.3 is 0 Å². The Labute approximate surface area is 180 Å². The number of carbonyl (C=O) groups is 1.